The summed E-state index contributed by atoms with van der Waals surface area (Å²) in [6, 6.07) is 6.18. The maximum Gasteiger partial charge on any atom is 0.276 e. The topological polar surface area (TPSA) is 81.2 Å². The molecule has 0 spiro atoms. The molecule has 1 N–H and O–H groups in total. The van der Waals surface area contributed by atoms with Gasteiger partial charge >= 0.3 is 0 Å². The zero-order valence-corrected chi connectivity index (χ0v) is 10.3. The van der Waals surface area contributed by atoms with Crippen LogP contribution < -0.4 is 5.32 Å². The van der Waals surface area contributed by atoms with E-state index in [9.17, 15) is 10.1 Å². The maximum absolute atomic E-state index is 10.7. The molecule has 0 atom stereocenters. The third-order valence-electron chi connectivity index (χ3n) is 2.23. The molecular weight excluding hydrogens is 258 g/mol. The minimum Gasteiger partial charge on any atom is -0.465 e. The summed E-state index contributed by atoms with van der Waals surface area (Å²) in [5, 5.41) is 13.6. The van der Waals surface area contributed by atoms with E-state index < -0.39 is 4.92 Å². The fourth-order valence-electron chi connectivity index (χ4n) is 1.44. The summed E-state index contributed by atoms with van der Waals surface area (Å²) < 4.78 is 5.36. The number of pyridine rings is 1. The molecule has 2 heterocycles. The summed E-state index contributed by atoms with van der Waals surface area (Å²) in [6.07, 6.45) is 0. The molecule has 6 nitrogen and oxygen atoms in total. The van der Waals surface area contributed by atoms with Crippen molar-refractivity contribution in [2.24, 2.45) is 0 Å². The van der Waals surface area contributed by atoms with Gasteiger partial charge in [-0.3, -0.25) is 10.1 Å². The molecule has 0 radical (unpaired) electrons. The van der Waals surface area contributed by atoms with Crippen LogP contribution in [0.1, 0.15) is 11.5 Å². The number of nitrogens with one attached hydrogen (secondary N) is 1. The van der Waals surface area contributed by atoms with Crippen LogP contribution in [0.4, 0.5) is 11.5 Å². The summed E-state index contributed by atoms with van der Waals surface area (Å²) in [5.41, 5.74) is -0.104. The zero-order chi connectivity index (χ0) is 13.1. The first-order valence-electron chi connectivity index (χ1n) is 5.16. The molecule has 18 heavy (non-hydrogen) atoms. The number of hydrogen-bond acceptors (Lipinski definition) is 5. The molecular formula is C11H10ClN3O3. The highest BCUT2D eigenvalue weighted by atomic mass is 35.5. The highest BCUT2D eigenvalue weighted by Crippen LogP contribution is 2.21. The number of furan rings is 1. The molecule has 2 rings (SSSR count). The highest BCUT2D eigenvalue weighted by Gasteiger charge is 2.10. The van der Waals surface area contributed by atoms with Crippen molar-refractivity contribution in [1.29, 1.82) is 0 Å². The maximum atomic E-state index is 10.7. The molecule has 0 aliphatic carbocycles. The Bertz CT molecular complexity index is 583. The predicted octanol–water partition coefficient (Wildman–Crippen LogP) is 3.16. The average Bonchev–Trinajstić information content (AvgIpc) is 2.72. The van der Waals surface area contributed by atoms with Gasteiger partial charge in [-0.15, -0.1) is 0 Å². The van der Waals surface area contributed by atoms with Crippen LogP contribution in [0.5, 0.6) is 0 Å². The van der Waals surface area contributed by atoms with E-state index in [0.29, 0.717) is 12.4 Å². The molecule has 2 aromatic heterocycles. The van der Waals surface area contributed by atoms with E-state index in [1.807, 2.05) is 19.1 Å². The normalized spacial score (nSPS) is 10.3. The smallest absolute Gasteiger partial charge is 0.276 e. The number of aryl methyl sites for hydroxylation is 1. The van der Waals surface area contributed by atoms with Gasteiger partial charge in [0.2, 0.25) is 0 Å². The molecule has 0 bridgehead atoms. The minimum absolute atomic E-state index is 0.0716. The van der Waals surface area contributed by atoms with E-state index in [4.69, 9.17) is 16.0 Å². The highest BCUT2D eigenvalue weighted by molar-refractivity contribution is 6.29. The molecule has 2 aromatic rings. The number of nitro groups is 1. The van der Waals surface area contributed by atoms with Gasteiger partial charge in [0, 0.05) is 0 Å². The van der Waals surface area contributed by atoms with Crippen LogP contribution in [0, 0.1) is 17.0 Å². The molecule has 0 aliphatic heterocycles. The van der Waals surface area contributed by atoms with Crippen LogP contribution in [-0.4, -0.2) is 9.91 Å². The van der Waals surface area contributed by atoms with Crippen LogP contribution in [0.15, 0.2) is 28.7 Å². The van der Waals surface area contributed by atoms with Crippen LogP contribution in [0.2, 0.25) is 5.15 Å². The van der Waals surface area contributed by atoms with Crippen molar-refractivity contribution < 1.29 is 9.34 Å². The standard InChI is InChI=1S/C11H10ClN3O3/c1-7-2-3-9(18-7)6-13-11-5-8(15(16)17)4-10(12)14-11/h2-5H,6H2,1H3,(H,13,14). The lowest BCUT2D eigenvalue weighted by Crippen LogP contribution is -2.01. The second-order valence-corrected chi connectivity index (χ2v) is 4.04. The number of rotatable bonds is 4. The van der Waals surface area contributed by atoms with Crippen molar-refractivity contribution >= 4 is 23.1 Å². The Labute approximate surface area is 108 Å². The number of nitrogens with zero attached hydrogens (tertiary/aromatic N) is 2. The Morgan fingerprint density at radius 3 is 2.89 bits per heavy atom. The number of halogens is 1. The summed E-state index contributed by atoms with van der Waals surface area (Å²) in [7, 11) is 0. The van der Waals surface area contributed by atoms with Crippen LogP contribution in [0.3, 0.4) is 0 Å². The number of aromatic nitrogens is 1. The Hall–Kier alpha value is -2.08. The summed E-state index contributed by atoms with van der Waals surface area (Å²) in [6.45, 7) is 2.23. The third kappa shape index (κ3) is 2.98. The van der Waals surface area contributed by atoms with Crippen molar-refractivity contribution in [3.63, 3.8) is 0 Å². The van der Waals surface area contributed by atoms with Crippen molar-refractivity contribution in [1.82, 2.24) is 4.98 Å². The first kappa shape index (κ1) is 12.4. The molecule has 7 heteroatoms. The summed E-state index contributed by atoms with van der Waals surface area (Å²) in [4.78, 5) is 14.1. The molecule has 0 saturated carbocycles. The van der Waals surface area contributed by atoms with Crippen molar-refractivity contribution in [2.45, 2.75) is 13.5 Å². The Morgan fingerprint density at radius 1 is 1.50 bits per heavy atom. The largest absolute Gasteiger partial charge is 0.465 e. The molecule has 0 fully saturated rings. The molecule has 0 unspecified atom stereocenters. The summed E-state index contributed by atoms with van der Waals surface area (Å²) in [5.74, 6) is 1.86. The van der Waals surface area contributed by atoms with Crippen LogP contribution in [-0.2, 0) is 6.54 Å². The monoisotopic (exact) mass is 267 g/mol. The van der Waals surface area contributed by atoms with Gasteiger partial charge < -0.3 is 9.73 Å². The van der Waals surface area contributed by atoms with Gasteiger partial charge in [-0.2, -0.15) is 0 Å². The van der Waals surface area contributed by atoms with E-state index in [0.717, 1.165) is 11.5 Å². The van der Waals surface area contributed by atoms with Crippen LogP contribution in [0.25, 0.3) is 0 Å². The van der Waals surface area contributed by atoms with Gasteiger partial charge in [0.15, 0.2) is 0 Å². The molecule has 0 aromatic carbocycles. The minimum atomic E-state index is -0.518. The zero-order valence-electron chi connectivity index (χ0n) is 9.51. The van der Waals surface area contributed by atoms with Gasteiger partial charge in [-0.05, 0) is 19.1 Å². The van der Waals surface area contributed by atoms with Gasteiger partial charge in [0.05, 0.1) is 23.6 Å². The Kier molecular flexibility index (Phi) is 3.47. The second kappa shape index (κ2) is 5.05. The molecule has 0 amide bonds. The molecule has 0 aliphatic rings. The van der Waals surface area contributed by atoms with E-state index >= 15 is 0 Å². The first-order chi connectivity index (χ1) is 8.54. The summed E-state index contributed by atoms with van der Waals surface area (Å²) >= 11 is 5.70. The van der Waals surface area contributed by atoms with Gasteiger partial charge in [0.25, 0.3) is 5.69 Å². The van der Waals surface area contributed by atoms with E-state index in [-0.39, 0.29) is 10.8 Å². The SMILES string of the molecule is Cc1ccc(CNc2cc([N+](=O)[O-])cc(Cl)n2)o1. The predicted molar refractivity (Wildman–Crippen MR) is 66.7 cm³/mol. The van der Waals surface area contributed by atoms with Gasteiger partial charge in [-0.1, -0.05) is 11.6 Å². The number of hydrogen-bond donors (Lipinski definition) is 1. The third-order valence-corrected chi connectivity index (χ3v) is 2.42. The van der Waals surface area contributed by atoms with Crippen molar-refractivity contribution in [3.8, 4) is 0 Å². The van der Waals surface area contributed by atoms with E-state index in [1.54, 1.807) is 0 Å². The molecule has 0 saturated heterocycles. The average molecular weight is 268 g/mol. The van der Waals surface area contributed by atoms with E-state index in [1.165, 1.54) is 12.1 Å². The van der Waals surface area contributed by atoms with Gasteiger partial charge in [0.1, 0.15) is 22.5 Å². The lowest BCUT2D eigenvalue weighted by Gasteiger charge is -2.03. The Balaban J connectivity index is 2.11. The van der Waals surface area contributed by atoms with Gasteiger partial charge in [-0.25, -0.2) is 4.98 Å². The van der Waals surface area contributed by atoms with E-state index in [2.05, 4.69) is 10.3 Å². The quantitative estimate of drug-likeness (QED) is 0.523. The lowest BCUT2D eigenvalue weighted by atomic mass is 10.4. The Morgan fingerprint density at radius 2 is 2.28 bits per heavy atom. The number of anilines is 1. The lowest BCUT2D eigenvalue weighted by molar-refractivity contribution is -0.384. The fraction of sp³-hybridized carbons (Fsp3) is 0.182. The fourth-order valence-corrected chi connectivity index (χ4v) is 1.64. The first-order valence-corrected chi connectivity index (χ1v) is 5.53. The second-order valence-electron chi connectivity index (χ2n) is 3.66. The van der Waals surface area contributed by atoms with Crippen molar-refractivity contribution in [3.05, 3.63) is 51.1 Å². The molecule has 94 valence electrons. The van der Waals surface area contributed by atoms with Crippen molar-refractivity contribution in [2.75, 3.05) is 5.32 Å². The van der Waals surface area contributed by atoms with Crippen LogP contribution >= 0.6 is 11.6 Å².